The van der Waals surface area contributed by atoms with Gasteiger partial charge in [0.1, 0.15) is 11.0 Å². The lowest BCUT2D eigenvalue weighted by atomic mass is 9.99. The zero-order chi connectivity index (χ0) is 15.2. The SMILES string of the molecule is CCCNc1cc(C(=O)N2CCCCC2CC)cc(Cl)n1. The van der Waals surface area contributed by atoms with Gasteiger partial charge in [-0.15, -0.1) is 0 Å². The molecule has 2 heterocycles. The van der Waals surface area contributed by atoms with E-state index < -0.39 is 0 Å². The fourth-order valence-electron chi connectivity index (χ4n) is 2.82. The summed E-state index contributed by atoms with van der Waals surface area (Å²) in [4.78, 5) is 19.0. The lowest BCUT2D eigenvalue weighted by Crippen LogP contribution is -2.43. The summed E-state index contributed by atoms with van der Waals surface area (Å²) < 4.78 is 0. The van der Waals surface area contributed by atoms with E-state index >= 15 is 0 Å². The predicted molar refractivity (Wildman–Crippen MR) is 87.0 cm³/mol. The second-order valence-electron chi connectivity index (χ2n) is 5.55. The van der Waals surface area contributed by atoms with Crippen molar-refractivity contribution in [1.29, 1.82) is 0 Å². The lowest BCUT2D eigenvalue weighted by Gasteiger charge is -2.35. The van der Waals surface area contributed by atoms with Gasteiger partial charge in [-0.1, -0.05) is 25.4 Å². The number of pyridine rings is 1. The number of halogens is 1. The Bertz CT molecular complexity index is 492. The van der Waals surface area contributed by atoms with E-state index in [2.05, 4.69) is 24.1 Å². The van der Waals surface area contributed by atoms with Crippen molar-refractivity contribution in [3.8, 4) is 0 Å². The summed E-state index contributed by atoms with van der Waals surface area (Å²) in [5, 5.41) is 3.56. The monoisotopic (exact) mass is 309 g/mol. The highest BCUT2D eigenvalue weighted by Gasteiger charge is 2.26. The summed E-state index contributed by atoms with van der Waals surface area (Å²) in [6.07, 6.45) is 5.40. The molecule has 0 aromatic carbocycles. The number of hydrogen-bond donors (Lipinski definition) is 1. The average Bonchev–Trinajstić information content (AvgIpc) is 2.51. The number of anilines is 1. The van der Waals surface area contributed by atoms with E-state index in [-0.39, 0.29) is 5.91 Å². The van der Waals surface area contributed by atoms with Gasteiger partial charge in [-0.3, -0.25) is 4.79 Å². The summed E-state index contributed by atoms with van der Waals surface area (Å²) >= 11 is 6.06. The molecule has 0 spiro atoms. The third-order valence-electron chi connectivity index (χ3n) is 3.96. The van der Waals surface area contributed by atoms with Crippen LogP contribution in [0.5, 0.6) is 0 Å². The zero-order valence-electron chi connectivity index (χ0n) is 12.9. The maximum absolute atomic E-state index is 12.8. The van der Waals surface area contributed by atoms with Gasteiger partial charge in [-0.25, -0.2) is 4.98 Å². The third-order valence-corrected chi connectivity index (χ3v) is 4.15. The number of nitrogens with one attached hydrogen (secondary N) is 1. The molecule has 4 nitrogen and oxygen atoms in total. The summed E-state index contributed by atoms with van der Waals surface area (Å²) in [6, 6.07) is 3.83. The Morgan fingerprint density at radius 3 is 2.95 bits per heavy atom. The van der Waals surface area contributed by atoms with Gasteiger partial charge >= 0.3 is 0 Å². The number of hydrogen-bond acceptors (Lipinski definition) is 3. The topological polar surface area (TPSA) is 45.2 Å². The number of rotatable bonds is 5. The van der Waals surface area contributed by atoms with Crippen molar-refractivity contribution in [2.24, 2.45) is 0 Å². The molecule has 1 aromatic heterocycles. The first kappa shape index (κ1) is 16.1. The van der Waals surface area contributed by atoms with E-state index in [1.165, 1.54) is 6.42 Å². The van der Waals surface area contributed by atoms with E-state index in [0.717, 1.165) is 38.8 Å². The van der Waals surface area contributed by atoms with Crippen LogP contribution in [-0.2, 0) is 0 Å². The van der Waals surface area contributed by atoms with Crippen LogP contribution in [0.15, 0.2) is 12.1 Å². The molecule has 1 amide bonds. The average molecular weight is 310 g/mol. The molecule has 0 aliphatic carbocycles. The Morgan fingerprint density at radius 1 is 1.43 bits per heavy atom. The van der Waals surface area contributed by atoms with Crippen LogP contribution in [0.4, 0.5) is 5.82 Å². The maximum Gasteiger partial charge on any atom is 0.254 e. The highest BCUT2D eigenvalue weighted by molar-refractivity contribution is 6.29. The first-order valence-corrected chi connectivity index (χ1v) is 8.26. The van der Waals surface area contributed by atoms with Crippen LogP contribution in [-0.4, -0.2) is 34.9 Å². The van der Waals surface area contributed by atoms with E-state index in [4.69, 9.17) is 11.6 Å². The molecule has 1 aromatic rings. The Hall–Kier alpha value is -1.29. The third kappa shape index (κ3) is 4.10. The number of piperidine rings is 1. The Morgan fingerprint density at radius 2 is 2.24 bits per heavy atom. The minimum Gasteiger partial charge on any atom is -0.370 e. The molecule has 0 saturated carbocycles. The standard InChI is InChI=1S/C16H24ClN3O/c1-3-8-18-15-11-12(10-14(17)19-15)16(21)20-9-6-5-7-13(20)4-2/h10-11,13H,3-9H2,1-2H3,(H,18,19). The number of carbonyl (C=O) groups is 1. The molecule has 1 saturated heterocycles. The molecule has 1 aliphatic heterocycles. The second-order valence-corrected chi connectivity index (χ2v) is 5.93. The van der Waals surface area contributed by atoms with Crippen molar-refractivity contribution in [3.05, 3.63) is 22.8 Å². The van der Waals surface area contributed by atoms with Gasteiger partial charge in [0.15, 0.2) is 0 Å². The summed E-state index contributed by atoms with van der Waals surface area (Å²) in [5.74, 6) is 0.753. The molecular formula is C16H24ClN3O. The first-order valence-electron chi connectivity index (χ1n) is 7.88. The van der Waals surface area contributed by atoms with Crippen LogP contribution in [0.2, 0.25) is 5.15 Å². The Kier molecular flexibility index (Phi) is 5.85. The van der Waals surface area contributed by atoms with Crippen LogP contribution in [0.3, 0.4) is 0 Å². The Labute approximate surface area is 131 Å². The molecule has 21 heavy (non-hydrogen) atoms. The van der Waals surface area contributed by atoms with Crippen molar-refractivity contribution in [3.63, 3.8) is 0 Å². The summed E-state index contributed by atoms with van der Waals surface area (Å²) in [6.45, 7) is 5.89. The molecule has 1 aliphatic rings. The van der Waals surface area contributed by atoms with Crippen molar-refractivity contribution in [2.75, 3.05) is 18.4 Å². The molecule has 1 N–H and O–H groups in total. The highest BCUT2D eigenvalue weighted by atomic mass is 35.5. The smallest absolute Gasteiger partial charge is 0.254 e. The first-order chi connectivity index (χ1) is 10.2. The molecule has 1 fully saturated rings. The fraction of sp³-hybridized carbons (Fsp3) is 0.625. The predicted octanol–water partition coefficient (Wildman–Crippen LogP) is 3.96. The van der Waals surface area contributed by atoms with Crippen LogP contribution in [0, 0.1) is 0 Å². The van der Waals surface area contributed by atoms with Gasteiger partial charge in [-0.2, -0.15) is 0 Å². The molecule has 0 bridgehead atoms. The summed E-state index contributed by atoms with van der Waals surface area (Å²) in [5.41, 5.74) is 0.633. The van der Waals surface area contributed by atoms with E-state index in [0.29, 0.717) is 22.6 Å². The van der Waals surface area contributed by atoms with E-state index in [9.17, 15) is 4.79 Å². The molecule has 1 atom stereocenters. The molecule has 0 radical (unpaired) electrons. The van der Waals surface area contributed by atoms with Crippen LogP contribution < -0.4 is 5.32 Å². The van der Waals surface area contributed by atoms with E-state index in [1.54, 1.807) is 6.07 Å². The fourth-order valence-corrected chi connectivity index (χ4v) is 3.03. The van der Waals surface area contributed by atoms with Crippen LogP contribution in [0.25, 0.3) is 0 Å². The number of likely N-dealkylation sites (tertiary alicyclic amines) is 1. The zero-order valence-corrected chi connectivity index (χ0v) is 13.6. The van der Waals surface area contributed by atoms with Gasteiger partial charge in [0.25, 0.3) is 5.91 Å². The van der Waals surface area contributed by atoms with E-state index in [1.807, 2.05) is 11.0 Å². The van der Waals surface area contributed by atoms with Crippen molar-refractivity contribution < 1.29 is 4.79 Å². The number of nitrogens with zero attached hydrogens (tertiary/aromatic N) is 2. The lowest BCUT2D eigenvalue weighted by molar-refractivity contribution is 0.0608. The molecular weight excluding hydrogens is 286 g/mol. The van der Waals surface area contributed by atoms with Gasteiger partial charge < -0.3 is 10.2 Å². The summed E-state index contributed by atoms with van der Waals surface area (Å²) in [7, 11) is 0. The minimum atomic E-state index is 0.0744. The second kappa shape index (κ2) is 7.64. The van der Waals surface area contributed by atoms with Crippen molar-refractivity contribution in [1.82, 2.24) is 9.88 Å². The van der Waals surface area contributed by atoms with Crippen molar-refractivity contribution in [2.45, 2.75) is 52.0 Å². The normalized spacial score (nSPS) is 18.6. The molecule has 116 valence electrons. The van der Waals surface area contributed by atoms with Gasteiger partial charge in [0.2, 0.25) is 0 Å². The minimum absolute atomic E-state index is 0.0744. The number of aromatic nitrogens is 1. The Balaban J connectivity index is 2.19. The number of carbonyl (C=O) groups excluding carboxylic acids is 1. The highest BCUT2D eigenvalue weighted by Crippen LogP contribution is 2.23. The quantitative estimate of drug-likeness (QED) is 0.837. The van der Waals surface area contributed by atoms with Gasteiger partial charge in [0.05, 0.1) is 0 Å². The molecule has 1 unspecified atom stereocenters. The largest absolute Gasteiger partial charge is 0.370 e. The maximum atomic E-state index is 12.8. The van der Waals surface area contributed by atoms with Crippen LogP contribution in [0.1, 0.15) is 56.3 Å². The van der Waals surface area contributed by atoms with Gasteiger partial charge in [0, 0.05) is 24.7 Å². The van der Waals surface area contributed by atoms with Gasteiger partial charge in [-0.05, 0) is 44.2 Å². The molecule has 2 rings (SSSR count). The van der Waals surface area contributed by atoms with Crippen molar-refractivity contribution >= 4 is 23.3 Å². The number of amides is 1. The molecule has 5 heteroatoms. The van der Waals surface area contributed by atoms with Crippen LogP contribution >= 0.6 is 11.6 Å².